The molecule has 0 bridgehead atoms. The molecule has 1 unspecified atom stereocenters. The van der Waals surface area contributed by atoms with Crippen LogP contribution >= 0.6 is 11.6 Å². The summed E-state index contributed by atoms with van der Waals surface area (Å²) < 4.78 is 25.0. The molecule has 1 aliphatic rings. The largest absolute Gasteiger partial charge is 0.320 e. The van der Waals surface area contributed by atoms with Crippen molar-refractivity contribution in [1.29, 1.82) is 0 Å². The number of benzene rings is 1. The highest BCUT2D eigenvalue weighted by Gasteiger charge is 2.31. The first kappa shape index (κ1) is 17.9. The van der Waals surface area contributed by atoms with Gasteiger partial charge >= 0.3 is 0 Å². The molecule has 2 aromatic rings. The molecule has 3 rings (SSSR count). The van der Waals surface area contributed by atoms with Crippen molar-refractivity contribution in [2.75, 3.05) is 16.8 Å². The van der Waals surface area contributed by atoms with Gasteiger partial charge in [-0.3, -0.25) is 9.48 Å². The molecule has 6 nitrogen and oxygen atoms in total. The summed E-state index contributed by atoms with van der Waals surface area (Å²) in [6.07, 6.45) is 2.00. The summed E-state index contributed by atoms with van der Waals surface area (Å²) in [5.74, 6) is -0.0747. The third kappa shape index (κ3) is 3.57. The summed E-state index contributed by atoms with van der Waals surface area (Å²) >= 11 is 6.24. The number of amides is 1. The Morgan fingerprint density at radius 3 is 2.64 bits per heavy atom. The van der Waals surface area contributed by atoms with Gasteiger partial charge in [-0.2, -0.15) is 5.10 Å². The van der Waals surface area contributed by atoms with Crippen molar-refractivity contribution in [3.63, 3.8) is 0 Å². The Balaban J connectivity index is 1.85. The maximum atomic E-state index is 12.6. The molecule has 0 spiro atoms. The van der Waals surface area contributed by atoms with Crippen LogP contribution in [-0.4, -0.2) is 35.6 Å². The van der Waals surface area contributed by atoms with Crippen molar-refractivity contribution in [2.24, 2.45) is 0 Å². The second kappa shape index (κ2) is 6.46. The van der Waals surface area contributed by atoms with Gasteiger partial charge in [0.25, 0.3) is 5.91 Å². The van der Waals surface area contributed by atoms with Gasteiger partial charge in [-0.05, 0) is 44.4 Å². The summed E-state index contributed by atoms with van der Waals surface area (Å²) in [7, 11) is -3.01. The smallest absolute Gasteiger partial charge is 0.259 e. The second-order valence-corrected chi connectivity index (χ2v) is 9.17. The van der Waals surface area contributed by atoms with E-state index >= 15 is 0 Å². The average molecular weight is 382 g/mol. The standard InChI is InChI=1S/C17H20ClN3O3S/c1-10-6-11(2)16(15(18)7-10)20-17(22)14-8-19-21(12(14)3)13-4-5-25(23,24)9-13/h6-8,13H,4-5,9H2,1-3H3,(H,20,22). The van der Waals surface area contributed by atoms with E-state index in [0.717, 1.165) is 11.1 Å². The molecule has 25 heavy (non-hydrogen) atoms. The van der Waals surface area contributed by atoms with E-state index in [1.54, 1.807) is 17.7 Å². The topological polar surface area (TPSA) is 81.1 Å². The quantitative estimate of drug-likeness (QED) is 0.885. The van der Waals surface area contributed by atoms with E-state index < -0.39 is 9.84 Å². The van der Waals surface area contributed by atoms with Crippen LogP contribution in [0.25, 0.3) is 0 Å². The van der Waals surface area contributed by atoms with Crippen LogP contribution in [0.2, 0.25) is 5.02 Å². The van der Waals surface area contributed by atoms with Gasteiger partial charge in [0.15, 0.2) is 9.84 Å². The Hall–Kier alpha value is -1.86. The lowest BCUT2D eigenvalue weighted by Crippen LogP contribution is -2.17. The molecule has 1 aromatic carbocycles. The number of hydrogen-bond donors (Lipinski definition) is 1. The molecule has 0 radical (unpaired) electrons. The number of halogens is 1. The van der Waals surface area contributed by atoms with Crippen LogP contribution in [0.4, 0.5) is 5.69 Å². The van der Waals surface area contributed by atoms with Gasteiger partial charge < -0.3 is 5.32 Å². The van der Waals surface area contributed by atoms with Gasteiger partial charge in [-0.1, -0.05) is 17.7 Å². The van der Waals surface area contributed by atoms with Crippen LogP contribution in [-0.2, 0) is 9.84 Å². The molecule has 0 aliphatic carbocycles. The van der Waals surface area contributed by atoms with Gasteiger partial charge in [0.1, 0.15) is 0 Å². The highest BCUT2D eigenvalue weighted by molar-refractivity contribution is 7.91. The summed E-state index contributed by atoms with van der Waals surface area (Å²) in [4.78, 5) is 12.6. The van der Waals surface area contributed by atoms with Crippen LogP contribution in [0.15, 0.2) is 18.3 Å². The van der Waals surface area contributed by atoms with Gasteiger partial charge in [-0.25, -0.2) is 8.42 Å². The Morgan fingerprint density at radius 2 is 2.04 bits per heavy atom. The molecule has 1 aromatic heterocycles. The fraction of sp³-hybridized carbons (Fsp3) is 0.412. The van der Waals surface area contributed by atoms with Crippen LogP contribution in [0, 0.1) is 20.8 Å². The molecule has 1 aliphatic heterocycles. The summed E-state index contributed by atoms with van der Waals surface area (Å²) in [5.41, 5.74) is 3.55. The molecule has 1 atom stereocenters. The normalized spacial score (nSPS) is 19.1. The van der Waals surface area contributed by atoms with E-state index in [-0.39, 0.29) is 23.5 Å². The lowest BCUT2D eigenvalue weighted by molar-refractivity contribution is 0.102. The monoisotopic (exact) mass is 381 g/mol. The zero-order valence-electron chi connectivity index (χ0n) is 14.3. The zero-order valence-corrected chi connectivity index (χ0v) is 15.9. The van der Waals surface area contributed by atoms with Gasteiger partial charge in [-0.15, -0.1) is 0 Å². The number of nitrogens with zero attached hydrogens (tertiary/aromatic N) is 2. The highest BCUT2D eigenvalue weighted by atomic mass is 35.5. The lowest BCUT2D eigenvalue weighted by Gasteiger charge is -2.13. The molecule has 1 saturated heterocycles. The fourth-order valence-corrected chi connectivity index (χ4v) is 5.30. The maximum Gasteiger partial charge on any atom is 0.259 e. The Kier molecular flexibility index (Phi) is 4.64. The van der Waals surface area contributed by atoms with E-state index in [2.05, 4.69) is 10.4 Å². The second-order valence-electron chi connectivity index (χ2n) is 6.54. The van der Waals surface area contributed by atoms with Crippen LogP contribution < -0.4 is 5.32 Å². The molecule has 8 heteroatoms. The highest BCUT2D eigenvalue weighted by Crippen LogP contribution is 2.29. The molecule has 1 fully saturated rings. The number of carbonyl (C=O) groups excluding carboxylic acids is 1. The molecule has 0 saturated carbocycles. The average Bonchev–Trinajstić information content (AvgIpc) is 3.05. The Morgan fingerprint density at radius 1 is 1.32 bits per heavy atom. The van der Waals surface area contributed by atoms with E-state index in [4.69, 9.17) is 11.6 Å². The summed E-state index contributed by atoms with van der Waals surface area (Å²) in [6.45, 7) is 5.60. The molecule has 1 amide bonds. The van der Waals surface area contributed by atoms with Crippen molar-refractivity contribution in [2.45, 2.75) is 33.2 Å². The minimum Gasteiger partial charge on any atom is -0.320 e. The molecule has 1 N–H and O–H groups in total. The van der Waals surface area contributed by atoms with Crippen molar-refractivity contribution in [1.82, 2.24) is 9.78 Å². The van der Waals surface area contributed by atoms with Crippen molar-refractivity contribution < 1.29 is 13.2 Å². The van der Waals surface area contributed by atoms with Gasteiger partial charge in [0.2, 0.25) is 0 Å². The van der Waals surface area contributed by atoms with E-state index in [0.29, 0.717) is 28.4 Å². The maximum absolute atomic E-state index is 12.6. The summed E-state index contributed by atoms with van der Waals surface area (Å²) in [6, 6.07) is 3.53. The third-order valence-corrected chi connectivity index (χ3v) is 6.56. The van der Waals surface area contributed by atoms with E-state index in [1.165, 1.54) is 6.20 Å². The number of anilines is 1. The SMILES string of the molecule is Cc1cc(C)c(NC(=O)c2cnn(C3CCS(=O)(=O)C3)c2C)c(Cl)c1. The first-order valence-corrected chi connectivity index (χ1v) is 10.2. The van der Waals surface area contributed by atoms with E-state index in [9.17, 15) is 13.2 Å². The van der Waals surface area contributed by atoms with Gasteiger partial charge in [0.05, 0.1) is 40.0 Å². The first-order chi connectivity index (χ1) is 11.7. The Labute approximate surface area is 152 Å². The lowest BCUT2D eigenvalue weighted by atomic mass is 10.1. The summed E-state index contributed by atoms with van der Waals surface area (Å²) in [5, 5.41) is 7.57. The number of carbonyl (C=O) groups is 1. The van der Waals surface area contributed by atoms with Crippen molar-refractivity contribution in [3.05, 3.63) is 45.7 Å². The van der Waals surface area contributed by atoms with Crippen LogP contribution in [0.5, 0.6) is 0 Å². The minimum absolute atomic E-state index is 0.0689. The number of rotatable bonds is 3. The van der Waals surface area contributed by atoms with Crippen molar-refractivity contribution >= 4 is 33.0 Å². The number of aromatic nitrogens is 2. The Bertz CT molecular complexity index is 927. The van der Waals surface area contributed by atoms with Crippen molar-refractivity contribution in [3.8, 4) is 0 Å². The minimum atomic E-state index is -3.01. The third-order valence-electron chi connectivity index (χ3n) is 4.51. The molecular formula is C17H20ClN3O3S. The first-order valence-electron chi connectivity index (χ1n) is 8.00. The number of aryl methyl sites for hydroxylation is 2. The molecular weight excluding hydrogens is 362 g/mol. The predicted octanol–water partition coefficient (Wildman–Crippen LogP) is 3.07. The number of nitrogens with one attached hydrogen (secondary N) is 1. The van der Waals surface area contributed by atoms with Crippen LogP contribution in [0.3, 0.4) is 0 Å². The van der Waals surface area contributed by atoms with Gasteiger partial charge in [0, 0.05) is 5.69 Å². The molecule has 134 valence electrons. The fourth-order valence-electron chi connectivity index (χ4n) is 3.24. The van der Waals surface area contributed by atoms with Crippen LogP contribution in [0.1, 0.15) is 39.6 Å². The molecule has 2 heterocycles. The number of hydrogen-bond acceptors (Lipinski definition) is 4. The van der Waals surface area contributed by atoms with E-state index in [1.807, 2.05) is 19.9 Å². The predicted molar refractivity (Wildman–Crippen MR) is 98.2 cm³/mol. The number of sulfone groups is 1. The zero-order chi connectivity index (χ0) is 18.4.